The SMILES string of the molecule is COc1cc2c(cc1OCc1ccccc1)CC(c1cccs1)n1cc(C(=O)O)c(=O)cc1-2. The number of aromatic nitrogens is 1. The zero-order chi connectivity index (χ0) is 22.9. The third kappa shape index (κ3) is 3.91. The summed E-state index contributed by atoms with van der Waals surface area (Å²) in [6.45, 7) is 0.405. The maximum atomic E-state index is 12.6. The van der Waals surface area contributed by atoms with Gasteiger partial charge >= 0.3 is 5.97 Å². The van der Waals surface area contributed by atoms with Crippen molar-refractivity contribution in [1.29, 1.82) is 0 Å². The first kappa shape index (κ1) is 21.0. The van der Waals surface area contributed by atoms with Crippen molar-refractivity contribution in [2.24, 2.45) is 0 Å². The van der Waals surface area contributed by atoms with Gasteiger partial charge in [-0.2, -0.15) is 0 Å². The molecule has 0 bridgehead atoms. The Morgan fingerprint density at radius 1 is 1.12 bits per heavy atom. The number of fused-ring (bicyclic) bond motifs is 3. The second-order valence-corrected chi connectivity index (χ2v) is 8.80. The lowest BCUT2D eigenvalue weighted by Gasteiger charge is -2.31. The average molecular weight is 460 g/mol. The molecule has 166 valence electrons. The Bertz CT molecular complexity index is 1380. The van der Waals surface area contributed by atoms with Gasteiger partial charge in [0.15, 0.2) is 16.9 Å². The van der Waals surface area contributed by atoms with E-state index in [1.54, 1.807) is 18.4 Å². The molecule has 7 heteroatoms. The third-order valence-corrected chi connectivity index (χ3v) is 6.81. The van der Waals surface area contributed by atoms with Gasteiger partial charge in [0.25, 0.3) is 0 Å². The van der Waals surface area contributed by atoms with Gasteiger partial charge in [-0.15, -0.1) is 11.3 Å². The number of pyridine rings is 1. The molecule has 0 radical (unpaired) electrons. The Balaban J connectivity index is 1.62. The number of methoxy groups -OCH3 is 1. The van der Waals surface area contributed by atoms with Gasteiger partial charge in [0, 0.05) is 22.7 Å². The summed E-state index contributed by atoms with van der Waals surface area (Å²) in [7, 11) is 1.58. The van der Waals surface area contributed by atoms with E-state index in [1.807, 2.05) is 64.5 Å². The molecular formula is C26H21NO5S. The highest BCUT2D eigenvalue weighted by Gasteiger charge is 2.29. The van der Waals surface area contributed by atoms with E-state index < -0.39 is 11.4 Å². The van der Waals surface area contributed by atoms with Crippen LogP contribution in [0.3, 0.4) is 0 Å². The van der Waals surface area contributed by atoms with Gasteiger partial charge < -0.3 is 19.1 Å². The summed E-state index contributed by atoms with van der Waals surface area (Å²) in [6.07, 6.45) is 2.09. The predicted octanol–water partition coefficient (Wildman–Crippen LogP) is 5.01. The predicted molar refractivity (Wildman–Crippen MR) is 127 cm³/mol. The van der Waals surface area contributed by atoms with Gasteiger partial charge in [-0.05, 0) is 41.1 Å². The Labute approximate surface area is 194 Å². The molecule has 0 amide bonds. The van der Waals surface area contributed by atoms with Crippen molar-refractivity contribution in [2.75, 3.05) is 7.11 Å². The normalized spacial score (nSPS) is 14.3. The molecule has 1 aliphatic rings. The summed E-state index contributed by atoms with van der Waals surface area (Å²) < 4.78 is 13.6. The zero-order valence-electron chi connectivity index (χ0n) is 17.9. The van der Waals surface area contributed by atoms with Crippen LogP contribution in [0.1, 0.15) is 32.4 Å². The van der Waals surface area contributed by atoms with Crippen LogP contribution in [0.2, 0.25) is 0 Å². The molecule has 1 atom stereocenters. The van der Waals surface area contributed by atoms with E-state index in [2.05, 4.69) is 0 Å². The second-order valence-electron chi connectivity index (χ2n) is 7.82. The first-order chi connectivity index (χ1) is 16.0. The number of nitrogens with zero attached hydrogens (tertiary/aromatic N) is 1. The van der Waals surface area contributed by atoms with Crippen LogP contribution in [0.25, 0.3) is 11.3 Å². The Morgan fingerprint density at radius 2 is 1.94 bits per heavy atom. The summed E-state index contributed by atoms with van der Waals surface area (Å²) in [5, 5.41) is 11.5. The van der Waals surface area contributed by atoms with Crippen molar-refractivity contribution >= 4 is 17.3 Å². The number of carboxylic acids is 1. The molecule has 1 N–H and O–H groups in total. The number of hydrogen-bond donors (Lipinski definition) is 1. The average Bonchev–Trinajstić information content (AvgIpc) is 3.36. The van der Waals surface area contributed by atoms with Gasteiger partial charge in [-0.1, -0.05) is 36.4 Å². The van der Waals surface area contributed by atoms with Crippen LogP contribution in [0.5, 0.6) is 11.5 Å². The third-order valence-electron chi connectivity index (χ3n) is 5.83. The molecule has 0 saturated carbocycles. The van der Waals surface area contributed by atoms with E-state index >= 15 is 0 Å². The maximum Gasteiger partial charge on any atom is 0.341 e. The van der Waals surface area contributed by atoms with Crippen LogP contribution < -0.4 is 14.9 Å². The van der Waals surface area contributed by atoms with Crippen molar-refractivity contribution in [1.82, 2.24) is 4.57 Å². The van der Waals surface area contributed by atoms with E-state index in [-0.39, 0.29) is 11.6 Å². The molecule has 5 rings (SSSR count). The Kier molecular flexibility index (Phi) is 5.48. The maximum absolute atomic E-state index is 12.6. The standard InChI is InChI=1S/C26H21NO5S/c1-31-23-12-18-17(11-24(23)32-15-16-6-3-2-4-7-16)10-21(25-8-5-9-33-25)27-14-19(26(29)30)22(28)13-20(18)27/h2-9,11-14,21H,10,15H2,1H3,(H,29,30). The van der Waals surface area contributed by atoms with Crippen LogP contribution in [-0.2, 0) is 13.0 Å². The van der Waals surface area contributed by atoms with E-state index in [9.17, 15) is 14.7 Å². The molecule has 1 aliphatic heterocycles. The number of rotatable bonds is 6. The molecule has 33 heavy (non-hydrogen) atoms. The highest BCUT2D eigenvalue weighted by molar-refractivity contribution is 7.10. The highest BCUT2D eigenvalue weighted by atomic mass is 32.1. The van der Waals surface area contributed by atoms with E-state index in [0.29, 0.717) is 30.2 Å². The number of thiophene rings is 1. The van der Waals surface area contributed by atoms with Gasteiger partial charge in [0.05, 0.1) is 18.8 Å². The van der Waals surface area contributed by atoms with Crippen LogP contribution in [0, 0.1) is 0 Å². The smallest absolute Gasteiger partial charge is 0.341 e. The van der Waals surface area contributed by atoms with Crippen molar-refractivity contribution < 1.29 is 19.4 Å². The molecule has 0 saturated heterocycles. The number of aromatic carboxylic acids is 1. The summed E-state index contributed by atoms with van der Waals surface area (Å²) in [4.78, 5) is 25.3. The fourth-order valence-corrected chi connectivity index (χ4v) is 5.05. The summed E-state index contributed by atoms with van der Waals surface area (Å²) >= 11 is 1.60. The Morgan fingerprint density at radius 3 is 2.64 bits per heavy atom. The molecular weight excluding hydrogens is 438 g/mol. The van der Waals surface area contributed by atoms with Crippen molar-refractivity contribution in [3.63, 3.8) is 0 Å². The minimum atomic E-state index is -1.23. The highest BCUT2D eigenvalue weighted by Crippen LogP contribution is 2.43. The number of benzene rings is 2. The first-order valence-corrected chi connectivity index (χ1v) is 11.3. The number of hydrogen-bond acceptors (Lipinski definition) is 5. The minimum absolute atomic E-state index is 0.124. The number of carboxylic acid groups (broad SMARTS) is 1. The molecule has 4 aromatic rings. The molecule has 6 nitrogen and oxygen atoms in total. The lowest BCUT2D eigenvalue weighted by molar-refractivity contribution is 0.0694. The first-order valence-electron chi connectivity index (χ1n) is 10.5. The zero-order valence-corrected chi connectivity index (χ0v) is 18.7. The molecule has 2 aromatic heterocycles. The van der Waals surface area contributed by atoms with E-state index in [4.69, 9.17) is 9.47 Å². The van der Waals surface area contributed by atoms with Crippen molar-refractivity contribution in [3.05, 3.63) is 104 Å². The largest absolute Gasteiger partial charge is 0.493 e. The van der Waals surface area contributed by atoms with Crippen LogP contribution in [0.4, 0.5) is 0 Å². The van der Waals surface area contributed by atoms with Crippen molar-refractivity contribution in [3.8, 4) is 22.8 Å². The molecule has 0 aliphatic carbocycles. The number of carbonyl (C=O) groups is 1. The van der Waals surface area contributed by atoms with Gasteiger partial charge in [0.1, 0.15) is 12.2 Å². The van der Waals surface area contributed by atoms with Gasteiger partial charge in [0.2, 0.25) is 0 Å². The van der Waals surface area contributed by atoms with E-state index in [1.165, 1.54) is 12.3 Å². The summed E-state index contributed by atoms with van der Waals surface area (Å²) in [6, 6.07) is 19.0. The Hall–Kier alpha value is -3.84. The van der Waals surface area contributed by atoms with Gasteiger partial charge in [-0.25, -0.2) is 4.79 Å². The number of ether oxygens (including phenoxy) is 2. The monoisotopic (exact) mass is 459 g/mol. The minimum Gasteiger partial charge on any atom is -0.493 e. The molecule has 0 fully saturated rings. The lowest BCUT2D eigenvalue weighted by atomic mass is 9.91. The van der Waals surface area contributed by atoms with Gasteiger partial charge in [-0.3, -0.25) is 4.79 Å². The molecule has 0 spiro atoms. The van der Waals surface area contributed by atoms with Crippen LogP contribution >= 0.6 is 11.3 Å². The quantitative estimate of drug-likeness (QED) is 0.439. The molecule has 2 aromatic carbocycles. The summed E-state index contributed by atoms with van der Waals surface area (Å²) in [5.41, 5.74) is 2.80. The fraction of sp³-hybridized carbons (Fsp3) is 0.154. The van der Waals surface area contributed by atoms with Crippen LogP contribution in [0.15, 0.2) is 77.0 Å². The van der Waals surface area contributed by atoms with Crippen molar-refractivity contribution in [2.45, 2.75) is 19.1 Å². The fourth-order valence-electron chi connectivity index (χ4n) is 4.23. The topological polar surface area (TPSA) is 77.8 Å². The van der Waals surface area contributed by atoms with E-state index in [0.717, 1.165) is 21.6 Å². The lowest BCUT2D eigenvalue weighted by Crippen LogP contribution is -2.25. The summed E-state index contributed by atoms with van der Waals surface area (Å²) in [5.74, 6) is -0.0446. The molecule has 3 heterocycles. The van der Waals surface area contributed by atoms with Crippen LogP contribution in [-0.4, -0.2) is 22.8 Å². The second kappa shape index (κ2) is 8.60. The molecule has 1 unspecified atom stereocenters.